The van der Waals surface area contributed by atoms with E-state index >= 15 is 0 Å². The Balaban J connectivity index is 2.82. The van der Waals surface area contributed by atoms with E-state index in [0.717, 1.165) is 34.8 Å². The molecule has 0 aliphatic rings. The van der Waals surface area contributed by atoms with Gasteiger partial charge in [-0.25, -0.2) is 8.42 Å². The molecular weight excluding hydrogens is 345 g/mol. The number of benzene rings is 1. The molecule has 0 unspecified atom stereocenters. The first kappa shape index (κ1) is 20.3. The Morgan fingerprint density at radius 3 is 2.17 bits per heavy atom. The molecular formula is C15H21F3N2O3S. The van der Waals surface area contributed by atoms with Crippen molar-refractivity contribution in [2.24, 2.45) is 5.92 Å². The molecule has 5 nitrogen and oxygen atoms in total. The van der Waals surface area contributed by atoms with Crippen molar-refractivity contribution in [3.63, 3.8) is 0 Å². The molecule has 1 N–H and O–H groups in total. The lowest BCUT2D eigenvalue weighted by atomic mass is 10.1. The molecule has 0 aliphatic heterocycles. The van der Waals surface area contributed by atoms with Crippen molar-refractivity contribution in [1.82, 2.24) is 5.32 Å². The Labute approximate surface area is 139 Å². The molecule has 0 fully saturated rings. The number of nitrogens with one attached hydrogen (secondary N) is 1. The highest BCUT2D eigenvalue weighted by Crippen LogP contribution is 2.30. The number of alkyl halides is 3. The maximum atomic E-state index is 12.6. The quantitative estimate of drug-likeness (QED) is 0.807. The van der Waals surface area contributed by atoms with Crippen molar-refractivity contribution in [3.05, 3.63) is 29.8 Å². The van der Waals surface area contributed by atoms with Crippen LogP contribution in [0.4, 0.5) is 18.9 Å². The van der Waals surface area contributed by atoms with Crippen molar-refractivity contribution in [2.45, 2.75) is 26.4 Å². The molecule has 9 heteroatoms. The molecule has 0 aromatic heterocycles. The molecule has 0 saturated heterocycles. The van der Waals surface area contributed by atoms with E-state index < -0.39 is 21.8 Å². The zero-order valence-electron chi connectivity index (χ0n) is 13.7. The van der Waals surface area contributed by atoms with Gasteiger partial charge in [0.1, 0.15) is 0 Å². The fourth-order valence-electron chi connectivity index (χ4n) is 2.04. The first-order valence-electron chi connectivity index (χ1n) is 7.33. The first-order chi connectivity index (χ1) is 10.9. The largest absolute Gasteiger partial charge is 0.416 e. The van der Waals surface area contributed by atoms with E-state index in [1.807, 2.05) is 13.8 Å². The maximum absolute atomic E-state index is 12.6. The van der Waals surface area contributed by atoms with Crippen molar-refractivity contribution in [1.29, 1.82) is 0 Å². The van der Waals surface area contributed by atoms with Gasteiger partial charge in [0, 0.05) is 13.0 Å². The van der Waals surface area contributed by atoms with Crippen molar-refractivity contribution in [3.8, 4) is 0 Å². The summed E-state index contributed by atoms with van der Waals surface area (Å²) in [6, 6.07) is 3.84. The number of anilines is 1. The van der Waals surface area contributed by atoms with Crippen LogP contribution in [-0.4, -0.2) is 33.7 Å². The number of rotatable bonds is 7. The molecule has 0 aliphatic carbocycles. The van der Waals surface area contributed by atoms with Gasteiger partial charge in [0.15, 0.2) is 0 Å². The zero-order chi connectivity index (χ0) is 18.5. The highest BCUT2D eigenvalue weighted by molar-refractivity contribution is 7.92. The SMILES string of the molecule is CC(C)CC(=O)NCCN(c1ccc(C(F)(F)F)cc1)S(C)(=O)=O. The monoisotopic (exact) mass is 366 g/mol. The van der Waals surface area contributed by atoms with Crippen LogP contribution in [0.15, 0.2) is 24.3 Å². The third-order valence-electron chi connectivity index (χ3n) is 3.11. The fraction of sp³-hybridized carbons (Fsp3) is 0.533. The number of hydrogen-bond donors (Lipinski definition) is 1. The Kier molecular flexibility index (Phi) is 6.65. The number of amides is 1. The van der Waals surface area contributed by atoms with Crippen LogP contribution in [-0.2, 0) is 21.0 Å². The summed E-state index contributed by atoms with van der Waals surface area (Å²) in [6.45, 7) is 3.77. The van der Waals surface area contributed by atoms with Crippen LogP contribution in [0.5, 0.6) is 0 Å². The van der Waals surface area contributed by atoms with Crippen LogP contribution in [0.3, 0.4) is 0 Å². The second kappa shape index (κ2) is 7.87. The van der Waals surface area contributed by atoms with Crippen LogP contribution in [0.2, 0.25) is 0 Å². The van der Waals surface area contributed by atoms with E-state index in [-0.39, 0.29) is 30.6 Å². The predicted octanol–water partition coefficient (Wildman–Crippen LogP) is 2.63. The van der Waals surface area contributed by atoms with Crippen LogP contribution in [0.25, 0.3) is 0 Å². The molecule has 136 valence electrons. The summed E-state index contributed by atoms with van der Waals surface area (Å²) >= 11 is 0. The second-order valence-corrected chi connectivity index (χ2v) is 7.73. The first-order valence-corrected chi connectivity index (χ1v) is 9.17. The molecule has 1 amide bonds. The van der Waals surface area contributed by atoms with Crippen LogP contribution >= 0.6 is 0 Å². The number of halogens is 3. The van der Waals surface area contributed by atoms with E-state index in [0.29, 0.717) is 6.42 Å². The van der Waals surface area contributed by atoms with Gasteiger partial charge in [0.2, 0.25) is 15.9 Å². The van der Waals surface area contributed by atoms with Gasteiger partial charge in [-0.05, 0) is 30.2 Å². The molecule has 0 atom stereocenters. The van der Waals surface area contributed by atoms with Crippen LogP contribution in [0, 0.1) is 5.92 Å². The number of hydrogen-bond acceptors (Lipinski definition) is 3. The van der Waals surface area contributed by atoms with Crippen LogP contribution < -0.4 is 9.62 Å². The van der Waals surface area contributed by atoms with Gasteiger partial charge in [-0.3, -0.25) is 9.10 Å². The summed E-state index contributed by atoms with van der Waals surface area (Å²) < 4.78 is 62.4. The van der Waals surface area contributed by atoms with Crippen molar-refractivity contribution >= 4 is 21.6 Å². The topological polar surface area (TPSA) is 66.5 Å². The van der Waals surface area contributed by atoms with Crippen molar-refractivity contribution < 1.29 is 26.4 Å². The summed E-state index contributed by atoms with van der Waals surface area (Å²) in [7, 11) is -3.69. The summed E-state index contributed by atoms with van der Waals surface area (Å²) in [5.74, 6) is -0.0307. The smallest absolute Gasteiger partial charge is 0.354 e. The molecule has 1 aromatic carbocycles. The molecule has 0 saturated carbocycles. The van der Waals surface area contributed by atoms with E-state index in [4.69, 9.17) is 0 Å². The Hall–Kier alpha value is -1.77. The van der Waals surface area contributed by atoms with E-state index in [1.165, 1.54) is 0 Å². The minimum absolute atomic E-state index is 0.0615. The van der Waals surface area contributed by atoms with E-state index in [1.54, 1.807) is 0 Å². The number of nitrogens with zero attached hydrogens (tertiary/aromatic N) is 1. The molecule has 0 radical (unpaired) electrons. The highest BCUT2D eigenvalue weighted by atomic mass is 32.2. The summed E-state index contributed by atoms with van der Waals surface area (Å²) in [6.07, 6.45) is -3.21. The van der Waals surface area contributed by atoms with E-state index in [2.05, 4.69) is 5.32 Å². The molecule has 24 heavy (non-hydrogen) atoms. The molecule has 0 heterocycles. The standard InChI is InChI=1S/C15H21F3N2O3S/c1-11(2)10-14(21)19-8-9-20(24(3,22)23)13-6-4-12(5-7-13)15(16,17)18/h4-7,11H,8-10H2,1-3H3,(H,19,21). The molecule has 0 bridgehead atoms. The summed E-state index contributed by atoms with van der Waals surface area (Å²) in [5, 5.41) is 2.60. The van der Waals surface area contributed by atoms with Gasteiger partial charge in [0.25, 0.3) is 0 Å². The van der Waals surface area contributed by atoms with E-state index in [9.17, 15) is 26.4 Å². The Morgan fingerprint density at radius 1 is 1.21 bits per heavy atom. The Morgan fingerprint density at radius 2 is 1.75 bits per heavy atom. The van der Waals surface area contributed by atoms with Gasteiger partial charge >= 0.3 is 6.18 Å². The number of carbonyl (C=O) groups is 1. The number of carbonyl (C=O) groups excluding carboxylic acids is 1. The van der Waals surface area contributed by atoms with Crippen LogP contribution in [0.1, 0.15) is 25.8 Å². The van der Waals surface area contributed by atoms with Gasteiger partial charge in [-0.15, -0.1) is 0 Å². The molecule has 0 spiro atoms. The summed E-state index contributed by atoms with van der Waals surface area (Å²) in [4.78, 5) is 11.6. The zero-order valence-corrected chi connectivity index (χ0v) is 14.5. The lowest BCUT2D eigenvalue weighted by molar-refractivity contribution is -0.137. The third kappa shape index (κ3) is 6.38. The predicted molar refractivity (Wildman–Crippen MR) is 86.1 cm³/mol. The molecule has 1 aromatic rings. The summed E-state index contributed by atoms with van der Waals surface area (Å²) in [5.41, 5.74) is -0.742. The Bertz CT molecular complexity index is 656. The minimum Gasteiger partial charge on any atom is -0.354 e. The third-order valence-corrected chi connectivity index (χ3v) is 4.31. The molecule has 1 rings (SSSR count). The fourth-order valence-corrected chi connectivity index (χ4v) is 2.97. The lowest BCUT2D eigenvalue weighted by Crippen LogP contribution is -2.38. The van der Waals surface area contributed by atoms with Crippen molar-refractivity contribution in [2.75, 3.05) is 23.7 Å². The van der Waals surface area contributed by atoms with Gasteiger partial charge in [-0.2, -0.15) is 13.2 Å². The van der Waals surface area contributed by atoms with Gasteiger partial charge < -0.3 is 5.32 Å². The maximum Gasteiger partial charge on any atom is 0.416 e. The normalized spacial score (nSPS) is 12.3. The second-order valence-electron chi connectivity index (χ2n) is 5.83. The minimum atomic E-state index is -4.49. The van der Waals surface area contributed by atoms with Gasteiger partial charge in [-0.1, -0.05) is 13.8 Å². The highest BCUT2D eigenvalue weighted by Gasteiger charge is 2.30. The lowest BCUT2D eigenvalue weighted by Gasteiger charge is -2.23. The van der Waals surface area contributed by atoms with Gasteiger partial charge in [0.05, 0.1) is 24.1 Å². The average molecular weight is 366 g/mol. The average Bonchev–Trinajstić information content (AvgIpc) is 2.40. The number of sulfonamides is 1.